The van der Waals surface area contributed by atoms with E-state index in [-0.39, 0.29) is 19.3 Å². The third kappa shape index (κ3) is 11.6. The fourth-order valence-electron chi connectivity index (χ4n) is 6.12. The minimum absolute atomic E-state index is 0.241. The van der Waals surface area contributed by atoms with Crippen molar-refractivity contribution in [2.75, 3.05) is 13.2 Å². The molecule has 0 saturated heterocycles. The lowest BCUT2D eigenvalue weighted by molar-refractivity contribution is -0.145. The summed E-state index contributed by atoms with van der Waals surface area (Å²) in [5.41, 5.74) is 2.13. The highest BCUT2D eigenvalue weighted by Crippen LogP contribution is 2.46. The van der Waals surface area contributed by atoms with Crippen LogP contribution in [-0.2, 0) is 31.9 Å². The number of hydrogen-bond donors (Lipinski definition) is 0. The number of hydrogen-bond acceptors (Lipinski definition) is 7. The molecular formula is C42H52O6S. The van der Waals surface area contributed by atoms with E-state index in [2.05, 4.69) is 69.5 Å². The topological polar surface area (TPSA) is 71.1 Å². The van der Waals surface area contributed by atoms with E-state index in [1.54, 1.807) is 11.8 Å². The van der Waals surface area contributed by atoms with E-state index < -0.39 is 18.0 Å². The first-order valence-electron chi connectivity index (χ1n) is 17.9. The number of allylic oxidation sites excluding steroid dienone is 2. The molecule has 1 aliphatic rings. The van der Waals surface area contributed by atoms with Crippen molar-refractivity contribution in [2.24, 2.45) is 0 Å². The lowest BCUT2D eigenvalue weighted by Crippen LogP contribution is -2.26. The highest BCUT2D eigenvalue weighted by molar-refractivity contribution is 8.03. The number of ether oxygens (including phenoxy) is 4. The molecule has 7 heteroatoms. The Balaban J connectivity index is 1.69. The lowest BCUT2D eigenvalue weighted by atomic mass is 9.90. The highest BCUT2D eigenvalue weighted by atomic mass is 32.2. The number of unbranched alkanes of at least 4 members (excludes halogenated alkanes) is 6. The van der Waals surface area contributed by atoms with Gasteiger partial charge in [0.05, 0.1) is 0 Å². The van der Waals surface area contributed by atoms with Gasteiger partial charge in [-0.3, -0.25) is 0 Å². The largest absolute Gasteiger partial charge is 0.489 e. The van der Waals surface area contributed by atoms with E-state index in [1.165, 1.54) is 22.0 Å². The summed E-state index contributed by atoms with van der Waals surface area (Å²) >= 11 is 1.76. The first kappa shape index (κ1) is 37.8. The summed E-state index contributed by atoms with van der Waals surface area (Å²) in [7, 11) is 0. The van der Waals surface area contributed by atoms with Crippen molar-refractivity contribution in [3.8, 4) is 11.5 Å². The van der Waals surface area contributed by atoms with Crippen molar-refractivity contribution in [3.63, 3.8) is 0 Å². The van der Waals surface area contributed by atoms with E-state index in [0.29, 0.717) is 12.8 Å². The van der Waals surface area contributed by atoms with Crippen LogP contribution in [0.5, 0.6) is 11.5 Å². The highest BCUT2D eigenvalue weighted by Gasteiger charge is 2.27. The van der Waals surface area contributed by atoms with Crippen LogP contribution in [0, 0.1) is 0 Å². The number of carbonyl (C=O) groups is 2. The van der Waals surface area contributed by atoms with Gasteiger partial charge in [-0.1, -0.05) is 126 Å². The standard InChI is InChI=1S/C42H52O6S/c1-5-9-11-14-20-31(47-39(43)7-3)29-45-41-35-24-18-19-25-36(35)42(46-30-32(48-40(44)8-4)21-15-12-10-6-2)38-28-34(26-27-37(38)41)49-33-22-16-13-17-23-33/h7-8,13,16-19,22-26,31-32H,3-6,9-12,14-15,20-21,27-30H2,1-2H3. The van der Waals surface area contributed by atoms with Gasteiger partial charge in [0.25, 0.3) is 0 Å². The third-order valence-electron chi connectivity index (χ3n) is 8.69. The molecular weight excluding hydrogens is 633 g/mol. The van der Waals surface area contributed by atoms with Gasteiger partial charge in [0.2, 0.25) is 0 Å². The third-order valence-corrected chi connectivity index (χ3v) is 9.77. The zero-order valence-corrected chi connectivity index (χ0v) is 30.1. The lowest BCUT2D eigenvalue weighted by Gasteiger charge is -2.27. The van der Waals surface area contributed by atoms with E-state index in [1.807, 2.05) is 18.2 Å². The summed E-state index contributed by atoms with van der Waals surface area (Å²) in [5, 5.41) is 1.87. The van der Waals surface area contributed by atoms with Crippen LogP contribution in [0.15, 0.2) is 95.8 Å². The Kier molecular flexibility index (Phi) is 15.8. The van der Waals surface area contributed by atoms with E-state index in [4.69, 9.17) is 18.9 Å². The van der Waals surface area contributed by atoms with Gasteiger partial charge in [0.1, 0.15) is 36.9 Å². The molecule has 6 nitrogen and oxygen atoms in total. The van der Waals surface area contributed by atoms with E-state index in [0.717, 1.165) is 97.6 Å². The Hall–Kier alpha value is -3.97. The van der Waals surface area contributed by atoms with Crippen LogP contribution in [0.1, 0.15) is 89.2 Å². The molecule has 0 radical (unpaired) electrons. The minimum atomic E-state index is -0.439. The molecule has 0 heterocycles. The molecule has 2 unspecified atom stereocenters. The van der Waals surface area contributed by atoms with Crippen molar-refractivity contribution in [1.29, 1.82) is 0 Å². The van der Waals surface area contributed by atoms with Gasteiger partial charge in [-0.05, 0) is 49.1 Å². The molecule has 0 spiro atoms. The van der Waals surface area contributed by atoms with Gasteiger partial charge in [0, 0.05) is 45.4 Å². The van der Waals surface area contributed by atoms with Gasteiger partial charge in [0.15, 0.2) is 0 Å². The zero-order chi connectivity index (χ0) is 34.8. The summed E-state index contributed by atoms with van der Waals surface area (Å²) in [6.07, 6.45) is 15.3. The van der Waals surface area contributed by atoms with Crippen LogP contribution >= 0.6 is 11.8 Å². The van der Waals surface area contributed by atoms with Crippen molar-refractivity contribution < 1.29 is 28.5 Å². The minimum Gasteiger partial charge on any atom is -0.489 e. The van der Waals surface area contributed by atoms with Gasteiger partial charge in [-0.15, -0.1) is 0 Å². The van der Waals surface area contributed by atoms with Crippen LogP contribution in [0.2, 0.25) is 0 Å². The van der Waals surface area contributed by atoms with Crippen LogP contribution in [0.4, 0.5) is 0 Å². The molecule has 2 atom stereocenters. The SMILES string of the molecule is C=CC(=O)OC(CCCCCC)COc1c2c(c(OCC(CCCCCC)OC(=O)C=C)c3ccccc13)CC(Sc1ccccc1)=CC2. The Morgan fingerprint density at radius 2 is 1.22 bits per heavy atom. The van der Waals surface area contributed by atoms with E-state index in [9.17, 15) is 9.59 Å². The summed E-state index contributed by atoms with van der Waals surface area (Å²) in [6, 6.07) is 18.5. The van der Waals surface area contributed by atoms with Gasteiger partial charge >= 0.3 is 11.9 Å². The average molecular weight is 685 g/mol. The number of esters is 2. The predicted octanol–water partition coefficient (Wildman–Crippen LogP) is 10.5. The first-order chi connectivity index (χ1) is 24.0. The molecule has 0 aromatic heterocycles. The number of benzene rings is 3. The van der Waals surface area contributed by atoms with Crippen molar-refractivity contribution in [1.82, 2.24) is 0 Å². The smallest absolute Gasteiger partial charge is 0.330 e. The number of carbonyl (C=O) groups excluding carboxylic acids is 2. The molecule has 0 bridgehead atoms. The number of fused-ring (bicyclic) bond motifs is 2. The zero-order valence-electron chi connectivity index (χ0n) is 29.3. The molecule has 3 aromatic rings. The van der Waals surface area contributed by atoms with Gasteiger partial charge in [-0.25, -0.2) is 9.59 Å². The number of rotatable bonds is 22. The molecule has 0 amide bonds. The fourth-order valence-corrected chi connectivity index (χ4v) is 7.10. The summed E-state index contributed by atoms with van der Waals surface area (Å²) in [6.45, 7) is 12.0. The second-order valence-corrected chi connectivity index (χ2v) is 13.7. The molecule has 1 aliphatic carbocycles. The van der Waals surface area contributed by atoms with Crippen molar-refractivity contribution >= 4 is 34.5 Å². The van der Waals surface area contributed by atoms with Crippen LogP contribution < -0.4 is 9.47 Å². The maximum atomic E-state index is 12.3. The maximum absolute atomic E-state index is 12.3. The first-order valence-corrected chi connectivity index (χ1v) is 18.7. The molecule has 0 N–H and O–H groups in total. The molecule has 262 valence electrons. The Morgan fingerprint density at radius 3 is 1.73 bits per heavy atom. The summed E-state index contributed by atoms with van der Waals surface area (Å²) in [4.78, 5) is 26.9. The molecule has 0 fully saturated rings. The summed E-state index contributed by atoms with van der Waals surface area (Å²) < 4.78 is 24.9. The normalized spacial score (nSPS) is 13.5. The summed E-state index contributed by atoms with van der Waals surface area (Å²) in [5.74, 6) is 0.706. The van der Waals surface area contributed by atoms with Crippen molar-refractivity contribution in [3.05, 3.63) is 102 Å². The van der Waals surface area contributed by atoms with Gasteiger partial charge < -0.3 is 18.9 Å². The molecule has 0 aliphatic heterocycles. The predicted molar refractivity (Wildman–Crippen MR) is 200 cm³/mol. The van der Waals surface area contributed by atoms with E-state index >= 15 is 0 Å². The van der Waals surface area contributed by atoms with Crippen LogP contribution in [0.3, 0.4) is 0 Å². The monoisotopic (exact) mass is 684 g/mol. The molecule has 49 heavy (non-hydrogen) atoms. The van der Waals surface area contributed by atoms with Crippen LogP contribution in [-0.4, -0.2) is 37.4 Å². The fraction of sp³-hybridized carbons (Fsp3) is 0.429. The average Bonchev–Trinajstić information content (AvgIpc) is 3.13. The quantitative estimate of drug-likeness (QED) is 0.0592. The Bertz CT molecular complexity index is 1560. The van der Waals surface area contributed by atoms with Gasteiger partial charge in [-0.2, -0.15) is 0 Å². The molecule has 3 aromatic carbocycles. The number of thioether (sulfide) groups is 1. The maximum Gasteiger partial charge on any atom is 0.330 e. The van der Waals surface area contributed by atoms with Crippen molar-refractivity contribution in [2.45, 2.75) is 108 Å². The second-order valence-electron chi connectivity index (χ2n) is 12.5. The Labute approximate surface area is 296 Å². The molecule has 0 saturated carbocycles. The van der Waals surface area contributed by atoms with Crippen LogP contribution in [0.25, 0.3) is 10.8 Å². The molecule has 4 rings (SSSR count). The Morgan fingerprint density at radius 1 is 0.714 bits per heavy atom. The second kappa shape index (κ2) is 20.5.